The standard InChI is InChI=1S/C21H29N5O/c1-16(2)10-11-22-21-23-14-17(15-24-21)20(27)25-18-6-8-19(9-7-18)26-12-4-3-5-13-26/h6-9,14-16H,3-5,10-13H2,1-2H3,(H,25,27)(H,22,23,24). The first-order valence-corrected chi connectivity index (χ1v) is 9.84. The van der Waals surface area contributed by atoms with Gasteiger partial charge in [0.1, 0.15) is 0 Å². The summed E-state index contributed by atoms with van der Waals surface area (Å²) in [6.07, 6.45) is 7.99. The highest BCUT2D eigenvalue weighted by molar-refractivity contribution is 6.03. The van der Waals surface area contributed by atoms with E-state index in [9.17, 15) is 4.79 Å². The summed E-state index contributed by atoms with van der Waals surface area (Å²) < 4.78 is 0. The summed E-state index contributed by atoms with van der Waals surface area (Å²) >= 11 is 0. The first-order valence-electron chi connectivity index (χ1n) is 9.84. The number of rotatable bonds is 7. The third-order valence-corrected chi connectivity index (χ3v) is 4.77. The van der Waals surface area contributed by atoms with E-state index < -0.39 is 0 Å². The van der Waals surface area contributed by atoms with Crippen LogP contribution in [0.4, 0.5) is 17.3 Å². The highest BCUT2D eigenvalue weighted by atomic mass is 16.1. The molecule has 2 aromatic rings. The Morgan fingerprint density at radius 1 is 1.07 bits per heavy atom. The molecule has 6 nitrogen and oxygen atoms in total. The molecular weight excluding hydrogens is 338 g/mol. The molecule has 1 aliphatic heterocycles. The molecule has 27 heavy (non-hydrogen) atoms. The molecule has 2 heterocycles. The number of piperidine rings is 1. The van der Waals surface area contributed by atoms with Gasteiger partial charge in [0.25, 0.3) is 5.91 Å². The maximum Gasteiger partial charge on any atom is 0.258 e. The normalized spacial score (nSPS) is 14.3. The Morgan fingerprint density at radius 3 is 2.37 bits per heavy atom. The monoisotopic (exact) mass is 367 g/mol. The number of carbonyl (C=O) groups excluding carboxylic acids is 1. The second-order valence-corrected chi connectivity index (χ2v) is 7.45. The van der Waals surface area contributed by atoms with E-state index >= 15 is 0 Å². The molecule has 1 aromatic heterocycles. The predicted octanol–water partition coefficient (Wildman–Crippen LogP) is 4.18. The minimum atomic E-state index is -0.200. The number of anilines is 3. The minimum absolute atomic E-state index is 0.200. The van der Waals surface area contributed by atoms with Gasteiger partial charge >= 0.3 is 0 Å². The zero-order valence-electron chi connectivity index (χ0n) is 16.2. The second kappa shape index (κ2) is 9.35. The fourth-order valence-corrected chi connectivity index (χ4v) is 3.12. The van der Waals surface area contributed by atoms with Crippen LogP contribution in [0.1, 0.15) is 49.9 Å². The van der Waals surface area contributed by atoms with Crippen LogP contribution in [0, 0.1) is 5.92 Å². The molecule has 0 saturated carbocycles. The van der Waals surface area contributed by atoms with Crippen molar-refractivity contribution in [2.24, 2.45) is 5.92 Å². The van der Waals surface area contributed by atoms with Gasteiger partial charge in [-0.05, 0) is 55.9 Å². The maximum atomic E-state index is 12.4. The quantitative estimate of drug-likeness (QED) is 0.768. The molecule has 1 aliphatic rings. The van der Waals surface area contributed by atoms with Gasteiger partial charge in [-0.15, -0.1) is 0 Å². The van der Waals surface area contributed by atoms with E-state index in [1.54, 1.807) is 12.4 Å². The van der Waals surface area contributed by atoms with Crippen molar-refractivity contribution < 1.29 is 4.79 Å². The Balaban J connectivity index is 1.53. The van der Waals surface area contributed by atoms with Crippen molar-refractivity contribution in [2.75, 3.05) is 35.2 Å². The van der Waals surface area contributed by atoms with Crippen molar-refractivity contribution in [1.29, 1.82) is 0 Å². The van der Waals surface area contributed by atoms with E-state index in [2.05, 4.69) is 51.5 Å². The molecule has 3 rings (SSSR count). The Morgan fingerprint density at radius 2 is 1.74 bits per heavy atom. The van der Waals surface area contributed by atoms with Crippen molar-refractivity contribution in [3.63, 3.8) is 0 Å². The molecule has 0 spiro atoms. The number of benzene rings is 1. The van der Waals surface area contributed by atoms with Crippen LogP contribution in [-0.4, -0.2) is 35.5 Å². The largest absolute Gasteiger partial charge is 0.372 e. The van der Waals surface area contributed by atoms with Crippen LogP contribution < -0.4 is 15.5 Å². The summed E-state index contributed by atoms with van der Waals surface area (Å²) in [5.41, 5.74) is 2.44. The third-order valence-electron chi connectivity index (χ3n) is 4.77. The van der Waals surface area contributed by atoms with E-state index in [0.29, 0.717) is 17.4 Å². The molecule has 1 fully saturated rings. The van der Waals surface area contributed by atoms with Gasteiger partial charge in [0.2, 0.25) is 5.95 Å². The summed E-state index contributed by atoms with van der Waals surface area (Å²) in [5, 5.41) is 6.08. The van der Waals surface area contributed by atoms with Crippen LogP contribution in [-0.2, 0) is 0 Å². The van der Waals surface area contributed by atoms with Gasteiger partial charge in [-0.25, -0.2) is 9.97 Å². The lowest BCUT2D eigenvalue weighted by Crippen LogP contribution is -2.29. The first kappa shape index (κ1) is 19.1. The maximum absolute atomic E-state index is 12.4. The molecule has 2 N–H and O–H groups in total. The average Bonchev–Trinajstić information content (AvgIpc) is 2.69. The van der Waals surface area contributed by atoms with E-state index in [1.165, 1.54) is 24.9 Å². The zero-order valence-corrected chi connectivity index (χ0v) is 16.2. The lowest BCUT2D eigenvalue weighted by Gasteiger charge is -2.28. The van der Waals surface area contributed by atoms with Gasteiger partial charge in [-0.3, -0.25) is 4.79 Å². The predicted molar refractivity (Wildman–Crippen MR) is 110 cm³/mol. The molecule has 144 valence electrons. The zero-order chi connectivity index (χ0) is 19.1. The third kappa shape index (κ3) is 5.67. The number of hydrogen-bond acceptors (Lipinski definition) is 5. The van der Waals surface area contributed by atoms with Crippen LogP contribution in [0.15, 0.2) is 36.7 Å². The summed E-state index contributed by atoms with van der Waals surface area (Å²) in [4.78, 5) is 23.2. The van der Waals surface area contributed by atoms with Crippen molar-refractivity contribution in [3.05, 3.63) is 42.2 Å². The van der Waals surface area contributed by atoms with E-state index in [1.807, 2.05) is 12.1 Å². The van der Waals surface area contributed by atoms with Gasteiger partial charge in [0.15, 0.2) is 0 Å². The van der Waals surface area contributed by atoms with Crippen molar-refractivity contribution >= 4 is 23.2 Å². The highest BCUT2D eigenvalue weighted by Gasteiger charge is 2.12. The van der Waals surface area contributed by atoms with Gasteiger partial charge in [0, 0.05) is 43.4 Å². The number of aromatic nitrogens is 2. The molecule has 0 atom stereocenters. The lowest BCUT2D eigenvalue weighted by molar-refractivity contribution is 0.102. The van der Waals surface area contributed by atoms with Crippen LogP contribution in [0.25, 0.3) is 0 Å². The molecule has 0 radical (unpaired) electrons. The van der Waals surface area contributed by atoms with Crippen molar-refractivity contribution in [1.82, 2.24) is 9.97 Å². The van der Waals surface area contributed by atoms with Crippen LogP contribution >= 0.6 is 0 Å². The molecule has 1 saturated heterocycles. The first-order chi connectivity index (χ1) is 13.1. The SMILES string of the molecule is CC(C)CCNc1ncc(C(=O)Nc2ccc(N3CCCCC3)cc2)cn1. The van der Waals surface area contributed by atoms with Gasteiger partial charge in [0.05, 0.1) is 5.56 Å². The summed E-state index contributed by atoms with van der Waals surface area (Å²) in [7, 11) is 0. The molecule has 0 bridgehead atoms. The van der Waals surface area contributed by atoms with E-state index in [4.69, 9.17) is 0 Å². The van der Waals surface area contributed by atoms with Crippen molar-refractivity contribution in [3.8, 4) is 0 Å². The Kier molecular flexibility index (Phi) is 6.63. The van der Waals surface area contributed by atoms with Crippen molar-refractivity contribution in [2.45, 2.75) is 39.5 Å². The Labute approximate surface area is 161 Å². The summed E-state index contributed by atoms with van der Waals surface area (Å²) in [5.74, 6) is 0.983. The van der Waals surface area contributed by atoms with E-state index in [0.717, 1.165) is 31.7 Å². The number of nitrogens with one attached hydrogen (secondary N) is 2. The highest BCUT2D eigenvalue weighted by Crippen LogP contribution is 2.22. The van der Waals surface area contributed by atoms with Crippen LogP contribution in [0.2, 0.25) is 0 Å². The van der Waals surface area contributed by atoms with Crippen LogP contribution in [0.3, 0.4) is 0 Å². The van der Waals surface area contributed by atoms with Gasteiger partial charge in [-0.2, -0.15) is 0 Å². The summed E-state index contributed by atoms with van der Waals surface area (Å²) in [6.45, 7) is 7.40. The van der Waals surface area contributed by atoms with Gasteiger partial charge < -0.3 is 15.5 Å². The molecule has 1 aromatic carbocycles. The fraction of sp³-hybridized carbons (Fsp3) is 0.476. The molecular formula is C21H29N5O. The Hall–Kier alpha value is -2.63. The summed E-state index contributed by atoms with van der Waals surface area (Å²) in [6, 6.07) is 8.04. The van der Waals surface area contributed by atoms with Gasteiger partial charge in [-0.1, -0.05) is 13.8 Å². The Bertz CT molecular complexity index is 721. The average molecular weight is 367 g/mol. The molecule has 0 unspecified atom stereocenters. The fourth-order valence-electron chi connectivity index (χ4n) is 3.12. The van der Waals surface area contributed by atoms with E-state index in [-0.39, 0.29) is 5.91 Å². The number of amides is 1. The molecule has 6 heteroatoms. The number of carbonyl (C=O) groups is 1. The van der Waals surface area contributed by atoms with Crippen LogP contribution in [0.5, 0.6) is 0 Å². The molecule has 0 aliphatic carbocycles. The molecule has 1 amide bonds. The smallest absolute Gasteiger partial charge is 0.258 e. The second-order valence-electron chi connectivity index (χ2n) is 7.45. The lowest BCUT2D eigenvalue weighted by atomic mass is 10.1. The number of hydrogen-bond donors (Lipinski definition) is 2. The minimum Gasteiger partial charge on any atom is -0.372 e. The topological polar surface area (TPSA) is 70.2 Å². The number of nitrogens with zero attached hydrogens (tertiary/aromatic N) is 3.